The molecule has 2 fully saturated rings. The van der Waals surface area contributed by atoms with E-state index in [9.17, 15) is 14.0 Å². The smallest absolute Gasteiger partial charge is 0.240 e. The lowest BCUT2D eigenvalue weighted by atomic mass is 9.91. The Bertz CT molecular complexity index is 572. The molecule has 2 aliphatic rings. The second-order valence-electron chi connectivity index (χ2n) is 6.21. The van der Waals surface area contributed by atoms with Crippen molar-refractivity contribution in [1.29, 1.82) is 0 Å². The maximum absolute atomic E-state index is 13.2. The van der Waals surface area contributed by atoms with Crippen LogP contribution in [0.1, 0.15) is 37.3 Å². The molecule has 0 bridgehead atoms. The van der Waals surface area contributed by atoms with Crippen molar-refractivity contribution in [1.82, 2.24) is 10.2 Å². The Kier molecular flexibility index (Phi) is 5.20. The summed E-state index contributed by atoms with van der Waals surface area (Å²) in [5, 5.41) is 3.08. The van der Waals surface area contributed by atoms with E-state index in [4.69, 9.17) is 0 Å². The Morgan fingerprint density at radius 1 is 1.30 bits per heavy atom. The maximum Gasteiger partial charge on any atom is 0.240 e. The van der Waals surface area contributed by atoms with Gasteiger partial charge in [-0.1, -0.05) is 25.0 Å². The van der Waals surface area contributed by atoms with E-state index < -0.39 is 0 Å². The normalized spacial score (nSPS) is 20.0. The van der Waals surface area contributed by atoms with Gasteiger partial charge in [-0.15, -0.1) is 11.8 Å². The molecule has 0 spiro atoms. The van der Waals surface area contributed by atoms with E-state index in [2.05, 4.69) is 5.32 Å². The van der Waals surface area contributed by atoms with Crippen molar-refractivity contribution < 1.29 is 14.0 Å². The summed E-state index contributed by atoms with van der Waals surface area (Å²) in [6.45, 7) is 0.107. The summed E-state index contributed by atoms with van der Waals surface area (Å²) in [4.78, 5) is 25.6. The molecule has 23 heavy (non-hydrogen) atoms. The topological polar surface area (TPSA) is 49.4 Å². The molecule has 124 valence electrons. The average molecular weight is 336 g/mol. The van der Waals surface area contributed by atoms with Crippen LogP contribution in [0.25, 0.3) is 0 Å². The molecule has 1 saturated heterocycles. The highest BCUT2D eigenvalue weighted by Gasteiger charge is 2.29. The summed E-state index contributed by atoms with van der Waals surface area (Å²) in [6.07, 6.45) is 4.47. The standard InChI is InChI=1S/C17H21FN2O2S/c18-14-7-5-13(6-8-14)17(12-3-1-2-4-12)19-15(21)9-20-11-23-10-16(20)22/h5-8,12,17H,1-4,9-11H2,(H,19,21)/t17-/m0/s1. The number of carbonyl (C=O) groups is 2. The molecule has 2 amide bonds. The molecule has 0 unspecified atom stereocenters. The highest BCUT2D eigenvalue weighted by Crippen LogP contribution is 2.35. The Hall–Kier alpha value is -1.56. The van der Waals surface area contributed by atoms with Crippen molar-refractivity contribution in [2.75, 3.05) is 18.2 Å². The van der Waals surface area contributed by atoms with Gasteiger partial charge in [0.1, 0.15) is 12.4 Å². The molecule has 1 N–H and O–H groups in total. The summed E-state index contributed by atoms with van der Waals surface area (Å²) in [7, 11) is 0. The number of hydrogen-bond donors (Lipinski definition) is 1. The van der Waals surface area contributed by atoms with Gasteiger partial charge in [0.05, 0.1) is 17.7 Å². The van der Waals surface area contributed by atoms with Gasteiger partial charge >= 0.3 is 0 Å². The lowest BCUT2D eigenvalue weighted by Crippen LogP contribution is -2.41. The number of nitrogens with one attached hydrogen (secondary N) is 1. The zero-order valence-electron chi connectivity index (χ0n) is 13.0. The van der Waals surface area contributed by atoms with Crippen molar-refractivity contribution >= 4 is 23.6 Å². The van der Waals surface area contributed by atoms with E-state index in [-0.39, 0.29) is 30.2 Å². The summed E-state index contributed by atoms with van der Waals surface area (Å²) in [6, 6.07) is 6.26. The third kappa shape index (κ3) is 4.05. The fourth-order valence-corrected chi connectivity index (χ4v) is 4.27. The van der Waals surface area contributed by atoms with Crippen LogP contribution in [0.2, 0.25) is 0 Å². The number of benzene rings is 1. The number of nitrogens with zero attached hydrogens (tertiary/aromatic N) is 1. The maximum atomic E-state index is 13.2. The first-order valence-electron chi connectivity index (χ1n) is 8.04. The molecular formula is C17H21FN2O2S. The van der Waals surface area contributed by atoms with E-state index in [0.29, 0.717) is 17.5 Å². The first-order chi connectivity index (χ1) is 11.1. The van der Waals surface area contributed by atoms with Crippen LogP contribution in [0.5, 0.6) is 0 Å². The molecule has 1 aliphatic heterocycles. The number of rotatable bonds is 5. The lowest BCUT2D eigenvalue weighted by molar-refractivity contribution is -0.132. The predicted octanol–water partition coefficient (Wildman–Crippen LogP) is 2.71. The molecule has 4 nitrogen and oxygen atoms in total. The number of thioether (sulfide) groups is 1. The van der Waals surface area contributed by atoms with Gasteiger partial charge in [-0.05, 0) is 36.5 Å². The zero-order valence-corrected chi connectivity index (χ0v) is 13.8. The number of hydrogen-bond acceptors (Lipinski definition) is 3. The fraction of sp³-hybridized carbons (Fsp3) is 0.529. The van der Waals surface area contributed by atoms with Crippen LogP contribution in [0.4, 0.5) is 4.39 Å². The van der Waals surface area contributed by atoms with Crippen molar-refractivity contribution in [3.05, 3.63) is 35.6 Å². The molecule has 3 rings (SSSR count). The molecule has 1 aromatic rings. The summed E-state index contributed by atoms with van der Waals surface area (Å²) in [5.41, 5.74) is 0.939. The van der Waals surface area contributed by atoms with Crippen LogP contribution in [-0.4, -0.2) is 34.9 Å². The van der Waals surface area contributed by atoms with Crippen LogP contribution >= 0.6 is 11.8 Å². The molecule has 1 aromatic carbocycles. The molecule has 6 heteroatoms. The van der Waals surface area contributed by atoms with E-state index in [0.717, 1.165) is 18.4 Å². The Morgan fingerprint density at radius 2 is 2.00 bits per heavy atom. The molecule has 1 aliphatic carbocycles. The quantitative estimate of drug-likeness (QED) is 0.899. The minimum Gasteiger partial charge on any atom is -0.347 e. The van der Waals surface area contributed by atoms with E-state index in [1.807, 2.05) is 0 Å². The average Bonchev–Trinajstić information content (AvgIpc) is 3.19. The highest BCUT2D eigenvalue weighted by atomic mass is 32.2. The van der Waals surface area contributed by atoms with Gasteiger partial charge in [0.25, 0.3) is 0 Å². The van der Waals surface area contributed by atoms with Crippen molar-refractivity contribution in [2.24, 2.45) is 5.92 Å². The minimum atomic E-state index is -0.273. The van der Waals surface area contributed by atoms with Crippen LogP contribution in [-0.2, 0) is 9.59 Å². The van der Waals surface area contributed by atoms with Gasteiger partial charge in [-0.3, -0.25) is 9.59 Å². The molecule has 1 atom stereocenters. The van der Waals surface area contributed by atoms with Crippen molar-refractivity contribution in [2.45, 2.75) is 31.7 Å². The number of halogens is 1. The van der Waals surface area contributed by atoms with Gasteiger partial charge in [0.15, 0.2) is 0 Å². The SMILES string of the molecule is O=C(CN1CSCC1=O)N[C@H](c1ccc(F)cc1)C1CCCC1. The lowest BCUT2D eigenvalue weighted by Gasteiger charge is -2.26. The Balaban J connectivity index is 1.69. The number of amides is 2. The first kappa shape index (κ1) is 16.3. The second-order valence-corrected chi connectivity index (χ2v) is 7.17. The Morgan fingerprint density at radius 3 is 2.61 bits per heavy atom. The van der Waals surface area contributed by atoms with Gasteiger partial charge in [0, 0.05) is 0 Å². The molecule has 1 saturated carbocycles. The summed E-state index contributed by atoms with van der Waals surface area (Å²) in [5.74, 6) is 1.03. The van der Waals surface area contributed by atoms with Crippen LogP contribution in [0.3, 0.4) is 0 Å². The predicted molar refractivity (Wildman–Crippen MR) is 88.3 cm³/mol. The van der Waals surface area contributed by atoms with Gasteiger partial charge < -0.3 is 10.2 Å². The monoisotopic (exact) mass is 336 g/mol. The highest BCUT2D eigenvalue weighted by molar-refractivity contribution is 8.00. The summed E-state index contributed by atoms with van der Waals surface area (Å²) < 4.78 is 13.2. The van der Waals surface area contributed by atoms with Crippen molar-refractivity contribution in [3.8, 4) is 0 Å². The second kappa shape index (κ2) is 7.34. The van der Waals surface area contributed by atoms with Gasteiger partial charge in [-0.2, -0.15) is 0 Å². The van der Waals surface area contributed by atoms with E-state index in [1.54, 1.807) is 17.0 Å². The Labute approximate surface area is 139 Å². The van der Waals surface area contributed by atoms with Crippen molar-refractivity contribution in [3.63, 3.8) is 0 Å². The van der Waals surface area contributed by atoms with Gasteiger partial charge in [-0.25, -0.2) is 4.39 Å². The van der Waals surface area contributed by atoms with E-state index in [1.165, 1.54) is 36.7 Å². The molecule has 0 radical (unpaired) electrons. The molecule has 1 heterocycles. The summed E-state index contributed by atoms with van der Waals surface area (Å²) >= 11 is 1.53. The molecular weight excluding hydrogens is 315 g/mol. The zero-order chi connectivity index (χ0) is 16.2. The van der Waals surface area contributed by atoms with Crippen LogP contribution < -0.4 is 5.32 Å². The van der Waals surface area contributed by atoms with Crippen LogP contribution in [0, 0.1) is 11.7 Å². The van der Waals surface area contributed by atoms with Gasteiger partial charge in [0.2, 0.25) is 11.8 Å². The third-order valence-electron chi connectivity index (χ3n) is 4.58. The van der Waals surface area contributed by atoms with Crippen LogP contribution in [0.15, 0.2) is 24.3 Å². The van der Waals surface area contributed by atoms with E-state index >= 15 is 0 Å². The largest absolute Gasteiger partial charge is 0.347 e. The third-order valence-corrected chi connectivity index (χ3v) is 5.52. The molecule has 0 aromatic heterocycles. The minimum absolute atomic E-state index is 0.0179. The fourth-order valence-electron chi connectivity index (χ4n) is 3.37. The first-order valence-corrected chi connectivity index (χ1v) is 9.19. The number of carbonyl (C=O) groups excluding carboxylic acids is 2.